The van der Waals surface area contributed by atoms with E-state index in [4.69, 9.17) is 5.73 Å². The summed E-state index contributed by atoms with van der Waals surface area (Å²) in [4.78, 5) is 13.9. The number of alkyl halides is 2. The highest BCUT2D eigenvalue weighted by Crippen LogP contribution is 1.98. The predicted octanol–water partition coefficient (Wildman–Crippen LogP) is -0.400. The maximum Gasteiger partial charge on any atom is 0.251 e. The first-order valence-corrected chi connectivity index (χ1v) is 4.38. The van der Waals surface area contributed by atoms with Gasteiger partial charge in [0, 0.05) is 27.2 Å². The molecule has 0 aromatic rings. The van der Waals surface area contributed by atoms with Crippen LogP contribution in [0.5, 0.6) is 0 Å². The van der Waals surface area contributed by atoms with Crippen LogP contribution in [-0.4, -0.2) is 62.4 Å². The van der Waals surface area contributed by atoms with E-state index < -0.39 is 13.0 Å². The van der Waals surface area contributed by atoms with Crippen molar-refractivity contribution in [1.82, 2.24) is 9.80 Å². The summed E-state index contributed by atoms with van der Waals surface area (Å²) in [5.74, 6) is -0.195. The number of carbonyl (C=O) groups is 1. The van der Waals surface area contributed by atoms with Crippen LogP contribution in [0.4, 0.5) is 8.78 Å². The summed E-state index contributed by atoms with van der Waals surface area (Å²) in [5.41, 5.74) is 5.25. The molecule has 0 unspecified atom stereocenters. The Hall–Kier alpha value is -0.750. The highest BCUT2D eigenvalue weighted by molar-refractivity contribution is 5.77. The van der Waals surface area contributed by atoms with Crippen molar-refractivity contribution in [3.8, 4) is 0 Å². The fraction of sp³-hybridized carbons (Fsp3) is 0.875. The molecule has 0 aromatic carbocycles. The van der Waals surface area contributed by atoms with E-state index in [-0.39, 0.29) is 19.0 Å². The normalized spacial score (nSPS) is 11.1. The molecule has 1 amide bonds. The van der Waals surface area contributed by atoms with Crippen molar-refractivity contribution in [3.05, 3.63) is 0 Å². The van der Waals surface area contributed by atoms with Gasteiger partial charge in [-0.1, -0.05) is 0 Å². The third-order valence-corrected chi connectivity index (χ3v) is 1.70. The second-order valence-corrected chi connectivity index (χ2v) is 3.20. The third kappa shape index (κ3) is 5.82. The Morgan fingerprint density at radius 2 is 2.00 bits per heavy atom. The molecule has 0 heterocycles. The molecular weight excluding hydrogens is 192 g/mol. The SMILES string of the molecule is CN(C)C(=O)CN(CCN)CC(F)F. The monoisotopic (exact) mass is 209 g/mol. The van der Waals surface area contributed by atoms with Gasteiger partial charge in [-0.15, -0.1) is 0 Å². The van der Waals surface area contributed by atoms with Crippen LogP contribution < -0.4 is 5.73 Å². The van der Waals surface area contributed by atoms with Gasteiger partial charge in [0.05, 0.1) is 13.1 Å². The molecular formula is C8H17F2N3O. The highest BCUT2D eigenvalue weighted by Gasteiger charge is 2.15. The molecule has 0 fully saturated rings. The fourth-order valence-corrected chi connectivity index (χ4v) is 0.945. The summed E-state index contributed by atoms with van der Waals surface area (Å²) in [7, 11) is 3.18. The van der Waals surface area contributed by atoms with Crippen LogP contribution in [0.2, 0.25) is 0 Å². The van der Waals surface area contributed by atoms with Crippen LogP contribution in [0.25, 0.3) is 0 Å². The van der Waals surface area contributed by atoms with Gasteiger partial charge in [0.25, 0.3) is 6.43 Å². The van der Waals surface area contributed by atoms with E-state index in [2.05, 4.69) is 0 Å². The standard InChI is InChI=1S/C8H17F2N3O/c1-12(2)8(14)6-13(4-3-11)5-7(9)10/h7H,3-6,11H2,1-2H3. The molecule has 0 bridgehead atoms. The molecule has 0 aliphatic rings. The van der Waals surface area contributed by atoms with Gasteiger partial charge in [0.2, 0.25) is 5.91 Å². The minimum absolute atomic E-state index is 0.00542. The number of rotatable bonds is 6. The quantitative estimate of drug-likeness (QED) is 0.647. The van der Waals surface area contributed by atoms with Crippen molar-refractivity contribution in [2.75, 3.05) is 40.3 Å². The summed E-state index contributed by atoms with van der Waals surface area (Å²) in [6.07, 6.45) is -2.43. The van der Waals surface area contributed by atoms with Crippen LogP contribution in [0.1, 0.15) is 0 Å². The van der Waals surface area contributed by atoms with Gasteiger partial charge in [-0.2, -0.15) is 0 Å². The zero-order valence-electron chi connectivity index (χ0n) is 8.54. The second-order valence-electron chi connectivity index (χ2n) is 3.20. The Bertz CT molecular complexity index is 176. The second kappa shape index (κ2) is 6.67. The molecule has 0 saturated heterocycles. The lowest BCUT2D eigenvalue weighted by atomic mass is 10.4. The smallest absolute Gasteiger partial charge is 0.251 e. The van der Waals surface area contributed by atoms with E-state index in [1.165, 1.54) is 9.80 Å². The van der Waals surface area contributed by atoms with Gasteiger partial charge in [-0.25, -0.2) is 8.78 Å². The fourth-order valence-electron chi connectivity index (χ4n) is 0.945. The molecule has 0 rings (SSSR count). The maximum absolute atomic E-state index is 12.1. The number of nitrogens with zero attached hydrogens (tertiary/aromatic N) is 2. The first-order chi connectivity index (χ1) is 6.47. The summed E-state index contributed by atoms with van der Waals surface area (Å²) in [6.45, 7) is 0.169. The Kier molecular flexibility index (Phi) is 6.31. The van der Waals surface area contributed by atoms with E-state index in [1.807, 2.05) is 0 Å². The number of carbonyl (C=O) groups excluding carboxylic acids is 1. The average Bonchev–Trinajstić information content (AvgIpc) is 2.02. The average molecular weight is 209 g/mol. The molecule has 0 saturated carbocycles. The number of likely N-dealkylation sites (N-methyl/N-ethyl adjacent to an activating group) is 1. The third-order valence-electron chi connectivity index (χ3n) is 1.70. The lowest BCUT2D eigenvalue weighted by Gasteiger charge is -2.22. The topological polar surface area (TPSA) is 49.6 Å². The van der Waals surface area contributed by atoms with E-state index in [1.54, 1.807) is 14.1 Å². The first kappa shape index (κ1) is 13.2. The molecule has 0 aliphatic carbocycles. The van der Waals surface area contributed by atoms with Gasteiger partial charge in [0.15, 0.2) is 0 Å². The number of halogens is 2. The number of nitrogens with two attached hydrogens (primary N) is 1. The van der Waals surface area contributed by atoms with Crippen LogP contribution in [-0.2, 0) is 4.79 Å². The number of amides is 1. The highest BCUT2D eigenvalue weighted by atomic mass is 19.3. The largest absolute Gasteiger partial charge is 0.348 e. The molecule has 14 heavy (non-hydrogen) atoms. The first-order valence-electron chi connectivity index (χ1n) is 4.38. The van der Waals surface area contributed by atoms with Crippen molar-refractivity contribution in [1.29, 1.82) is 0 Å². The number of hydrogen-bond acceptors (Lipinski definition) is 3. The van der Waals surface area contributed by atoms with E-state index >= 15 is 0 Å². The molecule has 2 N–H and O–H groups in total. The Labute approximate surface area is 82.6 Å². The van der Waals surface area contributed by atoms with Crippen molar-refractivity contribution in [2.45, 2.75) is 6.43 Å². The zero-order valence-corrected chi connectivity index (χ0v) is 8.54. The van der Waals surface area contributed by atoms with Crippen LogP contribution >= 0.6 is 0 Å². The molecule has 0 aliphatic heterocycles. The molecule has 4 nitrogen and oxygen atoms in total. The van der Waals surface area contributed by atoms with Crippen LogP contribution in [0, 0.1) is 0 Å². The van der Waals surface area contributed by atoms with Gasteiger partial charge in [-0.3, -0.25) is 9.69 Å². The van der Waals surface area contributed by atoms with Gasteiger partial charge in [0.1, 0.15) is 0 Å². The molecule has 6 heteroatoms. The van der Waals surface area contributed by atoms with Crippen molar-refractivity contribution in [3.63, 3.8) is 0 Å². The summed E-state index contributed by atoms with van der Waals surface area (Å²) in [5, 5.41) is 0. The molecule has 0 spiro atoms. The molecule has 0 radical (unpaired) electrons. The summed E-state index contributed by atoms with van der Waals surface area (Å²) >= 11 is 0. The molecule has 0 aromatic heterocycles. The Morgan fingerprint density at radius 3 is 2.36 bits per heavy atom. The Morgan fingerprint density at radius 1 is 1.43 bits per heavy atom. The van der Waals surface area contributed by atoms with Gasteiger partial charge >= 0.3 is 0 Å². The van der Waals surface area contributed by atoms with Crippen LogP contribution in [0.3, 0.4) is 0 Å². The molecule has 0 atom stereocenters. The van der Waals surface area contributed by atoms with Crippen molar-refractivity contribution in [2.24, 2.45) is 5.73 Å². The van der Waals surface area contributed by atoms with Gasteiger partial charge < -0.3 is 10.6 Å². The van der Waals surface area contributed by atoms with Gasteiger partial charge in [-0.05, 0) is 0 Å². The van der Waals surface area contributed by atoms with E-state index in [9.17, 15) is 13.6 Å². The van der Waals surface area contributed by atoms with E-state index in [0.29, 0.717) is 6.54 Å². The lowest BCUT2D eigenvalue weighted by molar-refractivity contribution is -0.130. The minimum atomic E-state index is -2.43. The zero-order chi connectivity index (χ0) is 11.1. The minimum Gasteiger partial charge on any atom is -0.348 e. The summed E-state index contributed by atoms with van der Waals surface area (Å²) in [6, 6.07) is 0. The summed E-state index contributed by atoms with van der Waals surface area (Å²) < 4.78 is 24.1. The van der Waals surface area contributed by atoms with Crippen molar-refractivity contribution < 1.29 is 13.6 Å². The maximum atomic E-state index is 12.1. The lowest BCUT2D eigenvalue weighted by Crippen LogP contribution is -2.41. The number of hydrogen-bond donors (Lipinski definition) is 1. The molecule has 84 valence electrons. The van der Waals surface area contributed by atoms with E-state index in [0.717, 1.165) is 0 Å². The van der Waals surface area contributed by atoms with Crippen LogP contribution in [0.15, 0.2) is 0 Å². The predicted molar refractivity (Wildman–Crippen MR) is 50.2 cm³/mol. The Balaban J connectivity index is 4.01. The van der Waals surface area contributed by atoms with Crippen molar-refractivity contribution >= 4 is 5.91 Å².